The van der Waals surface area contributed by atoms with Crippen LogP contribution in [0.15, 0.2) is 12.4 Å². The molecule has 1 aliphatic rings. The lowest BCUT2D eigenvalue weighted by atomic mass is 10.1. The number of hydrogen-bond acceptors (Lipinski definition) is 3. The van der Waals surface area contributed by atoms with Crippen LogP contribution in [0.1, 0.15) is 38.5 Å². The van der Waals surface area contributed by atoms with Crippen molar-refractivity contribution in [2.75, 3.05) is 11.9 Å². The minimum Gasteiger partial charge on any atom is -0.357 e. The van der Waals surface area contributed by atoms with E-state index in [1.54, 1.807) is 0 Å². The second-order valence-corrected chi connectivity index (χ2v) is 4.46. The van der Waals surface area contributed by atoms with Crippen molar-refractivity contribution in [3.05, 3.63) is 18.3 Å². The molecule has 4 heteroatoms. The van der Waals surface area contributed by atoms with Crippen molar-refractivity contribution < 1.29 is 4.39 Å². The molecule has 0 unspecified atom stereocenters. The van der Waals surface area contributed by atoms with Gasteiger partial charge in [-0.05, 0) is 12.8 Å². The molecule has 16 heavy (non-hydrogen) atoms. The Labute approximate surface area is 95.7 Å². The van der Waals surface area contributed by atoms with E-state index in [9.17, 15) is 4.39 Å². The van der Waals surface area contributed by atoms with Gasteiger partial charge in [-0.1, -0.05) is 25.7 Å². The van der Waals surface area contributed by atoms with Crippen LogP contribution in [-0.4, -0.2) is 23.1 Å². The number of halogens is 1. The molecule has 1 aromatic rings. The van der Waals surface area contributed by atoms with Crippen LogP contribution in [0.3, 0.4) is 0 Å². The number of nitrogens with zero attached hydrogens (tertiary/aromatic N) is 3. The Morgan fingerprint density at radius 3 is 2.50 bits per heavy atom. The summed E-state index contributed by atoms with van der Waals surface area (Å²) in [5.74, 6) is 0.241. The SMILES string of the molecule is CN(c1cc(F)ncn1)C1CCCCCC1. The highest BCUT2D eigenvalue weighted by Crippen LogP contribution is 2.24. The van der Waals surface area contributed by atoms with Gasteiger partial charge in [-0.3, -0.25) is 0 Å². The average Bonchev–Trinajstić information content (AvgIpc) is 2.56. The topological polar surface area (TPSA) is 29.0 Å². The van der Waals surface area contributed by atoms with Crippen molar-refractivity contribution >= 4 is 5.82 Å². The Bertz CT molecular complexity index is 335. The Morgan fingerprint density at radius 2 is 1.88 bits per heavy atom. The molecule has 0 aliphatic heterocycles. The Balaban J connectivity index is 2.07. The van der Waals surface area contributed by atoms with Gasteiger partial charge in [0.15, 0.2) is 0 Å². The van der Waals surface area contributed by atoms with Crippen LogP contribution >= 0.6 is 0 Å². The summed E-state index contributed by atoms with van der Waals surface area (Å²) in [7, 11) is 2.00. The predicted molar refractivity (Wildman–Crippen MR) is 61.9 cm³/mol. The normalized spacial score (nSPS) is 18.1. The van der Waals surface area contributed by atoms with Gasteiger partial charge in [0, 0.05) is 19.2 Å². The van der Waals surface area contributed by atoms with Crippen molar-refractivity contribution in [2.24, 2.45) is 0 Å². The van der Waals surface area contributed by atoms with Gasteiger partial charge in [0.2, 0.25) is 5.95 Å². The van der Waals surface area contributed by atoms with Gasteiger partial charge in [0.05, 0.1) is 0 Å². The second kappa shape index (κ2) is 5.23. The molecule has 88 valence electrons. The lowest BCUT2D eigenvalue weighted by Gasteiger charge is -2.27. The van der Waals surface area contributed by atoms with E-state index in [1.165, 1.54) is 50.9 Å². The van der Waals surface area contributed by atoms with Crippen LogP contribution in [0.4, 0.5) is 10.2 Å². The maximum Gasteiger partial charge on any atom is 0.218 e. The maximum atomic E-state index is 13.0. The van der Waals surface area contributed by atoms with Gasteiger partial charge >= 0.3 is 0 Å². The van der Waals surface area contributed by atoms with Crippen LogP contribution in [0.25, 0.3) is 0 Å². The first kappa shape index (κ1) is 11.3. The van der Waals surface area contributed by atoms with E-state index in [-0.39, 0.29) is 0 Å². The molecule has 1 aliphatic carbocycles. The van der Waals surface area contributed by atoms with Crippen LogP contribution in [0.5, 0.6) is 0 Å². The third kappa shape index (κ3) is 2.68. The molecular weight excluding hydrogens is 205 g/mol. The average molecular weight is 223 g/mol. The van der Waals surface area contributed by atoms with E-state index < -0.39 is 5.95 Å². The standard InChI is InChI=1S/C12H18FN3/c1-16(10-6-4-2-3-5-7-10)12-8-11(13)14-9-15-12/h8-10H,2-7H2,1H3. The molecule has 0 spiro atoms. The van der Waals surface area contributed by atoms with Crippen molar-refractivity contribution in [1.82, 2.24) is 9.97 Å². The van der Waals surface area contributed by atoms with E-state index in [0.717, 1.165) is 0 Å². The van der Waals surface area contributed by atoms with Gasteiger partial charge in [0.1, 0.15) is 12.1 Å². The third-order valence-corrected chi connectivity index (χ3v) is 3.35. The summed E-state index contributed by atoms with van der Waals surface area (Å²) >= 11 is 0. The fourth-order valence-electron chi connectivity index (χ4n) is 2.35. The molecule has 2 rings (SSSR count). The van der Waals surface area contributed by atoms with Gasteiger partial charge in [0.25, 0.3) is 0 Å². The zero-order chi connectivity index (χ0) is 11.4. The molecule has 0 aromatic carbocycles. The molecule has 1 saturated carbocycles. The molecule has 1 aromatic heterocycles. The van der Waals surface area contributed by atoms with Gasteiger partial charge < -0.3 is 4.90 Å². The largest absolute Gasteiger partial charge is 0.357 e. The van der Waals surface area contributed by atoms with Crippen molar-refractivity contribution in [1.29, 1.82) is 0 Å². The van der Waals surface area contributed by atoms with E-state index in [1.807, 2.05) is 7.05 Å². The first-order valence-electron chi connectivity index (χ1n) is 5.98. The smallest absolute Gasteiger partial charge is 0.218 e. The highest BCUT2D eigenvalue weighted by molar-refractivity contribution is 5.37. The second-order valence-electron chi connectivity index (χ2n) is 4.46. The third-order valence-electron chi connectivity index (χ3n) is 3.35. The molecule has 0 atom stereocenters. The summed E-state index contributed by atoms with van der Waals surface area (Å²) in [6.07, 6.45) is 8.83. The molecule has 0 radical (unpaired) electrons. The molecule has 0 saturated heterocycles. The van der Waals surface area contributed by atoms with Crippen LogP contribution in [0, 0.1) is 5.95 Å². The number of anilines is 1. The molecule has 3 nitrogen and oxygen atoms in total. The molecule has 1 heterocycles. The number of aromatic nitrogens is 2. The van der Waals surface area contributed by atoms with E-state index >= 15 is 0 Å². The zero-order valence-electron chi connectivity index (χ0n) is 9.69. The zero-order valence-corrected chi connectivity index (χ0v) is 9.69. The Hall–Kier alpha value is -1.19. The summed E-state index contributed by atoms with van der Waals surface area (Å²) in [6.45, 7) is 0. The van der Waals surface area contributed by atoms with Gasteiger partial charge in [-0.25, -0.2) is 9.97 Å². The highest BCUT2D eigenvalue weighted by Gasteiger charge is 2.18. The van der Waals surface area contributed by atoms with Crippen molar-refractivity contribution in [3.8, 4) is 0 Å². The Morgan fingerprint density at radius 1 is 1.19 bits per heavy atom. The summed E-state index contributed by atoms with van der Waals surface area (Å²) < 4.78 is 13.0. The summed E-state index contributed by atoms with van der Waals surface area (Å²) in [5.41, 5.74) is 0. The fourth-order valence-corrected chi connectivity index (χ4v) is 2.35. The minimum absolute atomic E-state index is 0.453. The van der Waals surface area contributed by atoms with Crippen LogP contribution < -0.4 is 4.90 Å². The molecule has 1 fully saturated rings. The van der Waals surface area contributed by atoms with Crippen LogP contribution in [-0.2, 0) is 0 Å². The minimum atomic E-state index is -0.453. The summed E-state index contributed by atoms with van der Waals surface area (Å²) in [5, 5.41) is 0. The summed E-state index contributed by atoms with van der Waals surface area (Å²) in [6, 6.07) is 1.90. The fraction of sp³-hybridized carbons (Fsp3) is 0.667. The molecule has 0 amide bonds. The number of rotatable bonds is 2. The first-order valence-corrected chi connectivity index (χ1v) is 5.98. The van der Waals surface area contributed by atoms with Crippen molar-refractivity contribution in [3.63, 3.8) is 0 Å². The van der Waals surface area contributed by atoms with Gasteiger partial charge in [-0.2, -0.15) is 4.39 Å². The predicted octanol–water partition coefficient (Wildman–Crippen LogP) is 2.77. The summed E-state index contributed by atoms with van der Waals surface area (Å²) in [4.78, 5) is 9.69. The van der Waals surface area contributed by atoms with Gasteiger partial charge in [-0.15, -0.1) is 0 Å². The first-order chi connectivity index (χ1) is 7.77. The quantitative estimate of drug-likeness (QED) is 0.570. The highest BCUT2D eigenvalue weighted by atomic mass is 19.1. The lowest BCUT2D eigenvalue weighted by molar-refractivity contribution is 0.540. The van der Waals surface area contributed by atoms with Crippen LogP contribution in [0.2, 0.25) is 0 Å². The molecule has 0 N–H and O–H groups in total. The van der Waals surface area contributed by atoms with E-state index in [2.05, 4.69) is 14.9 Å². The lowest BCUT2D eigenvalue weighted by Crippen LogP contribution is -2.31. The monoisotopic (exact) mass is 223 g/mol. The van der Waals surface area contributed by atoms with E-state index in [0.29, 0.717) is 11.9 Å². The number of hydrogen-bond donors (Lipinski definition) is 0. The van der Waals surface area contributed by atoms with E-state index in [4.69, 9.17) is 0 Å². The van der Waals surface area contributed by atoms with Crippen molar-refractivity contribution in [2.45, 2.75) is 44.6 Å². The maximum absolute atomic E-state index is 13.0. The molecule has 0 bridgehead atoms. The Kier molecular flexibility index (Phi) is 3.70. The molecular formula is C12H18FN3.